The van der Waals surface area contributed by atoms with Crippen LogP contribution in [-0.2, 0) is 14.3 Å². The van der Waals surface area contributed by atoms with Crippen LogP contribution in [0.4, 0.5) is 0 Å². The lowest BCUT2D eigenvalue weighted by atomic mass is 9.97. The first kappa shape index (κ1) is 17.6. The number of aliphatic hydroxyl groups is 3. The maximum Gasteiger partial charge on any atom is 0.217 e. The lowest BCUT2D eigenvalue weighted by molar-refractivity contribution is -0.270. The van der Waals surface area contributed by atoms with Crippen LogP contribution in [0.2, 0.25) is 0 Å². The van der Waals surface area contributed by atoms with Crippen LogP contribution in [-0.4, -0.2) is 71.6 Å². The topological polar surface area (TPSA) is 157 Å². The van der Waals surface area contributed by atoms with Gasteiger partial charge >= 0.3 is 0 Å². The Balaban J connectivity index is 2.64. The fraction of sp³-hybridized carbons (Fsp3) is 0.909. The van der Waals surface area contributed by atoms with Gasteiger partial charge in [-0.2, -0.15) is 0 Å². The van der Waals surface area contributed by atoms with Crippen molar-refractivity contribution in [2.45, 2.75) is 44.0 Å². The Labute approximate surface area is 121 Å². The number of aliphatic hydroxyl groups excluding tert-OH is 3. The minimum atomic E-state index is -1.34. The molecule has 1 heterocycles. The zero-order valence-corrected chi connectivity index (χ0v) is 11.6. The van der Waals surface area contributed by atoms with Crippen molar-refractivity contribution >= 4 is 5.91 Å². The van der Waals surface area contributed by atoms with E-state index < -0.39 is 43.2 Å². The standard InChI is InChI=1S/C11H20N4O6/c1-6(17)14-8-10(19)9(18)7(5-16)21-11(8)20-4-2-3-13-15-12/h7-11,16,18-19H,2-5H2,1H3,(H,14,17)/t7-,8-,9+,10-,11+/m1/s1. The van der Waals surface area contributed by atoms with Crippen LogP contribution in [0, 0.1) is 0 Å². The van der Waals surface area contributed by atoms with Gasteiger partial charge in [-0.15, -0.1) is 0 Å². The number of ether oxygens (including phenoxy) is 2. The van der Waals surface area contributed by atoms with Crippen LogP contribution in [0.1, 0.15) is 13.3 Å². The summed E-state index contributed by atoms with van der Waals surface area (Å²) in [5, 5.41) is 34.7. The SMILES string of the molecule is CC(=O)N[C@H]1[C@@H](OCCCN=[N+]=[N-])O[C@H](CO)[C@H](O)[C@@H]1O. The van der Waals surface area contributed by atoms with Crippen molar-refractivity contribution < 1.29 is 29.6 Å². The molecule has 0 aromatic carbocycles. The van der Waals surface area contributed by atoms with Crippen LogP contribution in [0.3, 0.4) is 0 Å². The number of rotatable bonds is 7. The predicted octanol–water partition coefficient (Wildman–Crippen LogP) is -1.35. The van der Waals surface area contributed by atoms with Gasteiger partial charge in [-0.25, -0.2) is 0 Å². The molecule has 1 rings (SSSR count). The molecule has 0 bridgehead atoms. The van der Waals surface area contributed by atoms with E-state index in [2.05, 4.69) is 15.3 Å². The minimum absolute atomic E-state index is 0.167. The average Bonchev–Trinajstić information content (AvgIpc) is 2.45. The smallest absolute Gasteiger partial charge is 0.217 e. The summed E-state index contributed by atoms with van der Waals surface area (Å²) in [5.74, 6) is -0.417. The van der Waals surface area contributed by atoms with Gasteiger partial charge in [0.05, 0.1) is 6.61 Å². The van der Waals surface area contributed by atoms with Gasteiger partial charge in [-0.1, -0.05) is 5.11 Å². The quantitative estimate of drug-likeness (QED) is 0.197. The van der Waals surface area contributed by atoms with E-state index in [0.717, 1.165) is 0 Å². The zero-order chi connectivity index (χ0) is 15.8. The van der Waals surface area contributed by atoms with Crippen LogP contribution >= 0.6 is 0 Å². The normalized spacial score (nSPS) is 32.3. The molecule has 1 amide bonds. The number of hydrogen-bond acceptors (Lipinski definition) is 7. The van der Waals surface area contributed by atoms with Crippen molar-refractivity contribution in [3.8, 4) is 0 Å². The third-order valence-electron chi connectivity index (χ3n) is 3.00. The van der Waals surface area contributed by atoms with Gasteiger partial charge in [0, 0.05) is 25.0 Å². The van der Waals surface area contributed by atoms with Crippen LogP contribution in [0.15, 0.2) is 5.11 Å². The minimum Gasteiger partial charge on any atom is -0.394 e. The van der Waals surface area contributed by atoms with Gasteiger partial charge in [0.1, 0.15) is 24.4 Å². The summed E-state index contributed by atoms with van der Waals surface area (Å²) < 4.78 is 10.7. The van der Waals surface area contributed by atoms with E-state index in [9.17, 15) is 15.0 Å². The number of hydrogen-bond donors (Lipinski definition) is 4. The molecule has 0 spiro atoms. The van der Waals surface area contributed by atoms with E-state index in [4.69, 9.17) is 20.1 Å². The third kappa shape index (κ3) is 5.12. The Morgan fingerprint density at radius 1 is 1.48 bits per heavy atom. The molecule has 1 aliphatic heterocycles. The highest BCUT2D eigenvalue weighted by Gasteiger charge is 2.45. The predicted molar refractivity (Wildman–Crippen MR) is 69.9 cm³/mol. The highest BCUT2D eigenvalue weighted by atomic mass is 16.7. The summed E-state index contributed by atoms with van der Waals surface area (Å²) in [5.41, 5.74) is 8.14. The molecular formula is C11H20N4O6. The van der Waals surface area contributed by atoms with Crippen LogP contribution in [0.5, 0.6) is 0 Å². The Hall–Kier alpha value is -1.42. The number of carbonyl (C=O) groups is 1. The van der Waals surface area contributed by atoms with Crippen LogP contribution in [0.25, 0.3) is 10.4 Å². The summed E-state index contributed by atoms with van der Waals surface area (Å²) in [7, 11) is 0. The lowest BCUT2D eigenvalue weighted by Crippen LogP contribution is -2.64. The van der Waals surface area contributed by atoms with Crippen molar-refractivity contribution in [1.29, 1.82) is 0 Å². The number of azide groups is 1. The molecule has 10 heteroatoms. The third-order valence-corrected chi connectivity index (χ3v) is 3.00. The molecule has 0 radical (unpaired) electrons. The monoisotopic (exact) mass is 304 g/mol. The molecule has 0 aliphatic carbocycles. The van der Waals surface area contributed by atoms with Crippen molar-refractivity contribution in [2.75, 3.05) is 19.8 Å². The first-order chi connectivity index (χ1) is 10.0. The van der Waals surface area contributed by atoms with E-state index in [-0.39, 0.29) is 13.2 Å². The number of nitrogens with zero attached hydrogens (tertiary/aromatic N) is 3. The summed E-state index contributed by atoms with van der Waals surface area (Å²) in [4.78, 5) is 13.8. The van der Waals surface area contributed by atoms with Crippen molar-refractivity contribution in [3.63, 3.8) is 0 Å². The lowest BCUT2D eigenvalue weighted by Gasteiger charge is -2.42. The van der Waals surface area contributed by atoms with Gasteiger partial charge in [0.2, 0.25) is 5.91 Å². The number of amides is 1. The summed E-state index contributed by atoms with van der Waals surface area (Å²) in [6.07, 6.45) is -4.27. The number of nitrogens with one attached hydrogen (secondary N) is 1. The highest BCUT2D eigenvalue weighted by Crippen LogP contribution is 2.22. The maximum absolute atomic E-state index is 11.2. The molecule has 1 aliphatic rings. The van der Waals surface area contributed by atoms with Gasteiger partial charge < -0.3 is 30.1 Å². The Kier molecular flexibility index (Phi) is 7.37. The molecule has 0 unspecified atom stereocenters. The first-order valence-electron chi connectivity index (χ1n) is 6.53. The second kappa shape index (κ2) is 8.78. The molecule has 1 saturated heterocycles. The van der Waals surface area contributed by atoms with Gasteiger partial charge in [-0.3, -0.25) is 4.79 Å². The molecule has 0 aromatic heterocycles. The molecule has 0 aromatic rings. The van der Waals surface area contributed by atoms with Crippen molar-refractivity contribution in [2.24, 2.45) is 5.11 Å². The summed E-state index contributed by atoms with van der Waals surface area (Å²) >= 11 is 0. The van der Waals surface area contributed by atoms with Crippen LogP contribution < -0.4 is 5.32 Å². The number of carbonyl (C=O) groups excluding carboxylic acids is 1. The molecule has 5 atom stereocenters. The van der Waals surface area contributed by atoms with Gasteiger partial charge in [0.25, 0.3) is 0 Å². The fourth-order valence-corrected chi connectivity index (χ4v) is 1.99. The van der Waals surface area contributed by atoms with E-state index in [1.807, 2.05) is 0 Å². The average molecular weight is 304 g/mol. The fourth-order valence-electron chi connectivity index (χ4n) is 1.99. The zero-order valence-electron chi connectivity index (χ0n) is 11.6. The second-order valence-electron chi connectivity index (χ2n) is 4.61. The Bertz CT molecular complexity index is 389. The van der Waals surface area contributed by atoms with E-state index in [0.29, 0.717) is 6.42 Å². The Morgan fingerprint density at radius 2 is 2.19 bits per heavy atom. The molecule has 10 nitrogen and oxygen atoms in total. The molecular weight excluding hydrogens is 284 g/mol. The van der Waals surface area contributed by atoms with E-state index in [1.165, 1.54) is 6.92 Å². The Morgan fingerprint density at radius 3 is 2.76 bits per heavy atom. The molecule has 0 saturated carbocycles. The van der Waals surface area contributed by atoms with E-state index in [1.54, 1.807) is 0 Å². The second-order valence-corrected chi connectivity index (χ2v) is 4.61. The molecule has 120 valence electrons. The van der Waals surface area contributed by atoms with Crippen molar-refractivity contribution in [1.82, 2.24) is 5.32 Å². The maximum atomic E-state index is 11.2. The molecule has 1 fully saturated rings. The molecule has 21 heavy (non-hydrogen) atoms. The van der Waals surface area contributed by atoms with Gasteiger partial charge in [0.15, 0.2) is 6.29 Å². The molecule has 4 N–H and O–H groups in total. The van der Waals surface area contributed by atoms with Gasteiger partial charge in [-0.05, 0) is 12.0 Å². The highest BCUT2D eigenvalue weighted by molar-refractivity contribution is 5.73. The summed E-state index contributed by atoms with van der Waals surface area (Å²) in [6, 6.07) is -0.959. The van der Waals surface area contributed by atoms with E-state index >= 15 is 0 Å². The summed E-state index contributed by atoms with van der Waals surface area (Å²) in [6.45, 7) is 1.17. The van der Waals surface area contributed by atoms with Crippen molar-refractivity contribution in [3.05, 3.63) is 10.4 Å². The first-order valence-corrected chi connectivity index (χ1v) is 6.53. The largest absolute Gasteiger partial charge is 0.394 e.